The summed E-state index contributed by atoms with van der Waals surface area (Å²) < 4.78 is 0. The zero-order valence-electron chi connectivity index (χ0n) is 11.2. The molecule has 3 rings (SSSR count). The molecule has 0 spiro atoms. The first-order valence-electron chi connectivity index (χ1n) is 7.08. The number of nitrogens with one attached hydrogen (secondary N) is 1. The Labute approximate surface area is 110 Å². The number of fused-ring (bicyclic) bond motifs is 1. The summed E-state index contributed by atoms with van der Waals surface area (Å²) in [7, 11) is 2.23. The van der Waals surface area contributed by atoms with E-state index in [4.69, 9.17) is 0 Å². The van der Waals surface area contributed by atoms with Crippen LogP contribution in [-0.2, 0) is 6.54 Å². The maximum atomic E-state index is 3.53. The van der Waals surface area contributed by atoms with Crippen molar-refractivity contribution in [3.8, 4) is 0 Å². The number of nitrogens with zero attached hydrogens (tertiary/aromatic N) is 2. The van der Waals surface area contributed by atoms with Crippen molar-refractivity contribution < 1.29 is 0 Å². The van der Waals surface area contributed by atoms with Crippen LogP contribution in [0.4, 0.5) is 5.69 Å². The lowest BCUT2D eigenvalue weighted by Gasteiger charge is -2.38. The molecule has 0 unspecified atom stereocenters. The third kappa shape index (κ3) is 2.38. The predicted octanol–water partition coefficient (Wildman–Crippen LogP) is 1.69. The van der Waals surface area contributed by atoms with Gasteiger partial charge in [0.05, 0.1) is 0 Å². The molecule has 2 heterocycles. The van der Waals surface area contributed by atoms with Gasteiger partial charge in [-0.05, 0) is 44.6 Å². The summed E-state index contributed by atoms with van der Waals surface area (Å²) in [5.41, 5.74) is 2.91. The Morgan fingerprint density at radius 3 is 2.72 bits per heavy atom. The molecule has 18 heavy (non-hydrogen) atoms. The number of para-hydroxylation sites is 1. The summed E-state index contributed by atoms with van der Waals surface area (Å²) in [4.78, 5) is 5.08. The number of piperidine rings is 1. The molecule has 0 bridgehead atoms. The Hall–Kier alpha value is -1.06. The van der Waals surface area contributed by atoms with E-state index >= 15 is 0 Å². The molecule has 1 aromatic carbocycles. The van der Waals surface area contributed by atoms with Gasteiger partial charge >= 0.3 is 0 Å². The number of benzene rings is 1. The van der Waals surface area contributed by atoms with Crippen molar-refractivity contribution in [3.05, 3.63) is 29.8 Å². The molecule has 0 atom stereocenters. The van der Waals surface area contributed by atoms with Crippen molar-refractivity contribution in [2.75, 3.05) is 38.1 Å². The molecule has 0 saturated carbocycles. The first-order valence-corrected chi connectivity index (χ1v) is 7.08. The van der Waals surface area contributed by atoms with Crippen molar-refractivity contribution in [3.63, 3.8) is 0 Å². The lowest BCUT2D eigenvalue weighted by Crippen LogP contribution is -2.45. The van der Waals surface area contributed by atoms with Gasteiger partial charge in [0, 0.05) is 31.4 Å². The number of likely N-dealkylation sites (tertiary alicyclic amines) is 1. The van der Waals surface area contributed by atoms with Crippen LogP contribution in [0.5, 0.6) is 0 Å². The van der Waals surface area contributed by atoms with Gasteiger partial charge in [0.2, 0.25) is 0 Å². The monoisotopic (exact) mass is 245 g/mol. The van der Waals surface area contributed by atoms with Crippen LogP contribution in [0.3, 0.4) is 0 Å². The SMILES string of the molecule is CN1CCC(N2CCNCc3ccccc32)CC1. The molecule has 0 amide bonds. The molecule has 2 aliphatic rings. The first kappa shape index (κ1) is 12.0. The standard InChI is InChI=1S/C15H23N3/c1-17-9-6-14(7-10-17)18-11-8-16-12-13-4-2-3-5-15(13)18/h2-5,14,16H,6-12H2,1H3. The highest BCUT2D eigenvalue weighted by atomic mass is 15.2. The summed E-state index contributed by atoms with van der Waals surface area (Å²) in [5.74, 6) is 0. The summed E-state index contributed by atoms with van der Waals surface area (Å²) in [6, 6.07) is 9.60. The molecular formula is C15H23N3. The van der Waals surface area contributed by atoms with Crippen LogP contribution in [0, 0.1) is 0 Å². The normalized spacial score (nSPS) is 22.6. The average Bonchev–Trinajstić information content (AvgIpc) is 2.62. The van der Waals surface area contributed by atoms with E-state index in [1.807, 2.05) is 0 Å². The van der Waals surface area contributed by atoms with E-state index in [-0.39, 0.29) is 0 Å². The van der Waals surface area contributed by atoms with Gasteiger partial charge in [-0.15, -0.1) is 0 Å². The predicted molar refractivity (Wildman–Crippen MR) is 76.0 cm³/mol. The highest BCUT2D eigenvalue weighted by Crippen LogP contribution is 2.27. The lowest BCUT2D eigenvalue weighted by atomic mass is 10.0. The highest BCUT2D eigenvalue weighted by Gasteiger charge is 2.25. The first-order chi connectivity index (χ1) is 8.84. The largest absolute Gasteiger partial charge is 0.367 e. The summed E-state index contributed by atoms with van der Waals surface area (Å²) in [5, 5.41) is 3.53. The smallest absolute Gasteiger partial charge is 0.0414 e. The molecule has 0 radical (unpaired) electrons. The number of hydrogen-bond donors (Lipinski definition) is 1. The van der Waals surface area contributed by atoms with Gasteiger partial charge in [-0.3, -0.25) is 0 Å². The Morgan fingerprint density at radius 1 is 1.11 bits per heavy atom. The fraction of sp³-hybridized carbons (Fsp3) is 0.600. The van der Waals surface area contributed by atoms with Gasteiger partial charge in [-0.25, -0.2) is 0 Å². The van der Waals surface area contributed by atoms with E-state index < -0.39 is 0 Å². The van der Waals surface area contributed by atoms with Crippen molar-refractivity contribution >= 4 is 5.69 Å². The second-order valence-corrected chi connectivity index (χ2v) is 5.53. The van der Waals surface area contributed by atoms with E-state index in [1.165, 1.54) is 37.2 Å². The van der Waals surface area contributed by atoms with Crippen LogP contribution in [0.15, 0.2) is 24.3 Å². The number of anilines is 1. The Bertz CT molecular complexity index is 396. The van der Waals surface area contributed by atoms with E-state index in [0.717, 1.165) is 25.7 Å². The van der Waals surface area contributed by atoms with E-state index in [0.29, 0.717) is 0 Å². The molecule has 98 valence electrons. The second kappa shape index (κ2) is 5.29. The maximum absolute atomic E-state index is 3.53. The van der Waals surface area contributed by atoms with Gasteiger partial charge in [-0.1, -0.05) is 18.2 Å². The molecule has 1 saturated heterocycles. The van der Waals surface area contributed by atoms with Crippen molar-refractivity contribution in [2.24, 2.45) is 0 Å². The van der Waals surface area contributed by atoms with Crippen LogP contribution < -0.4 is 10.2 Å². The highest BCUT2D eigenvalue weighted by molar-refractivity contribution is 5.55. The zero-order chi connectivity index (χ0) is 12.4. The molecule has 3 nitrogen and oxygen atoms in total. The Balaban J connectivity index is 1.83. The van der Waals surface area contributed by atoms with E-state index in [1.54, 1.807) is 0 Å². The third-order valence-electron chi connectivity index (χ3n) is 4.27. The maximum Gasteiger partial charge on any atom is 0.0414 e. The topological polar surface area (TPSA) is 18.5 Å². The lowest BCUT2D eigenvalue weighted by molar-refractivity contribution is 0.250. The van der Waals surface area contributed by atoms with Gasteiger partial charge in [-0.2, -0.15) is 0 Å². The van der Waals surface area contributed by atoms with E-state index in [2.05, 4.69) is 46.4 Å². The minimum absolute atomic E-state index is 0.724. The summed E-state index contributed by atoms with van der Waals surface area (Å²) >= 11 is 0. The zero-order valence-corrected chi connectivity index (χ0v) is 11.2. The minimum Gasteiger partial charge on any atom is -0.367 e. The summed E-state index contributed by atoms with van der Waals surface area (Å²) in [6.07, 6.45) is 2.59. The van der Waals surface area contributed by atoms with Crippen molar-refractivity contribution in [1.82, 2.24) is 10.2 Å². The molecule has 1 aromatic rings. The molecular weight excluding hydrogens is 222 g/mol. The molecule has 1 N–H and O–H groups in total. The fourth-order valence-corrected chi connectivity index (χ4v) is 3.17. The minimum atomic E-state index is 0.724. The second-order valence-electron chi connectivity index (χ2n) is 5.53. The van der Waals surface area contributed by atoms with Gasteiger partial charge in [0.15, 0.2) is 0 Å². The van der Waals surface area contributed by atoms with Crippen LogP contribution >= 0.6 is 0 Å². The quantitative estimate of drug-likeness (QED) is 0.812. The van der Waals surface area contributed by atoms with Crippen molar-refractivity contribution in [2.45, 2.75) is 25.4 Å². The van der Waals surface area contributed by atoms with Crippen LogP contribution in [0.1, 0.15) is 18.4 Å². The van der Waals surface area contributed by atoms with Crippen LogP contribution in [0.2, 0.25) is 0 Å². The Kier molecular flexibility index (Phi) is 3.52. The van der Waals surface area contributed by atoms with Gasteiger partial charge < -0.3 is 15.1 Å². The van der Waals surface area contributed by atoms with E-state index in [9.17, 15) is 0 Å². The van der Waals surface area contributed by atoms with Crippen LogP contribution in [0.25, 0.3) is 0 Å². The van der Waals surface area contributed by atoms with Crippen molar-refractivity contribution in [1.29, 1.82) is 0 Å². The summed E-state index contributed by atoms with van der Waals surface area (Å²) in [6.45, 7) is 5.72. The molecule has 0 aliphatic carbocycles. The average molecular weight is 245 g/mol. The number of rotatable bonds is 1. The molecule has 2 aliphatic heterocycles. The third-order valence-corrected chi connectivity index (χ3v) is 4.27. The molecule has 1 fully saturated rings. The van der Waals surface area contributed by atoms with Crippen LogP contribution in [-0.4, -0.2) is 44.2 Å². The molecule has 0 aromatic heterocycles. The van der Waals surface area contributed by atoms with Gasteiger partial charge in [0.1, 0.15) is 0 Å². The number of hydrogen-bond acceptors (Lipinski definition) is 3. The van der Waals surface area contributed by atoms with Gasteiger partial charge in [0.25, 0.3) is 0 Å². The fourth-order valence-electron chi connectivity index (χ4n) is 3.17. The Morgan fingerprint density at radius 2 is 1.89 bits per heavy atom. The molecule has 3 heteroatoms.